The van der Waals surface area contributed by atoms with Crippen LogP contribution in [0.25, 0.3) is 0 Å². The first-order chi connectivity index (χ1) is 7.74. The molecule has 0 N–H and O–H groups in total. The molecule has 86 valence electrons. The monoisotopic (exact) mass is 215 g/mol. The number of benzene rings is 1. The van der Waals surface area contributed by atoms with E-state index in [4.69, 9.17) is 0 Å². The van der Waals surface area contributed by atoms with Crippen LogP contribution in [-0.2, 0) is 6.42 Å². The fraction of sp³-hybridized carbons (Fsp3) is 0.533. The van der Waals surface area contributed by atoms with Gasteiger partial charge in [0.1, 0.15) is 0 Å². The molecule has 0 aromatic heterocycles. The molecular formula is C15H21N. The average Bonchev–Trinajstić information content (AvgIpc) is 2.71. The van der Waals surface area contributed by atoms with Gasteiger partial charge in [0.25, 0.3) is 0 Å². The van der Waals surface area contributed by atoms with Crippen LogP contribution in [0.2, 0.25) is 0 Å². The summed E-state index contributed by atoms with van der Waals surface area (Å²) in [7, 11) is 0. The van der Waals surface area contributed by atoms with Crippen molar-refractivity contribution in [1.82, 2.24) is 0 Å². The quantitative estimate of drug-likeness (QED) is 0.702. The third-order valence-corrected chi connectivity index (χ3v) is 3.61. The van der Waals surface area contributed by atoms with Crippen LogP contribution >= 0.6 is 0 Å². The van der Waals surface area contributed by atoms with Crippen molar-refractivity contribution in [3.05, 3.63) is 29.3 Å². The minimum atomic E-state index is 0.549. The molecule has 1 aromatic rings. The first-order valence-corrected chi connectivity index (χ1v) is 6.41. The van der Waals surface area contributed by atoms with Crippen LogP contribution in [0.5, 0.6) is 0 Å². The summed E-state index contributed by atoms with van der Waals surface area (Å²) in [4.78, 5) is 4.52. The summed E-state index contributed by atoms with van der Waals surface area (Å²) < 4.78 is 0. The number of aliphatic imine (C=N–C) groups is 1. The summed E-state index contributed by atoms with van der Waals surface area (Å²) in [6, 6.07) is 6.82. The SMILES string of the molecule is CCC(C)Cc1ccc2c(c1)N=CC2CC. The van der Waals surface area contributed by atoms with E-state index in [-0.39, 0.29) is 0 Å². The second-order valence-corrected chi connectivity index (χ2v) is 4.90. The van der Waals surface area contributed by atoms with E-state index < -0.39 is 0 Å². The largest absolute Gasteiger partial charge is 0.260 e. The molecule has 2 rings (SSSR count). The van der Waals surface area contributed by atoms with Crippen molar-refractivity contribution in [3.63, 3.8) is 0 Å². The molecule has 0 bridgehead atoms. The van der Waals surface area contributed by atoms with Crippen molar-refractivity contribution >= 4 is 11.9 Å². The summed E-state index contributed by atoms with van der Waals surface area (Å²) >= 11 is 0. The molecule has 0 fully saturated rings. The van der Waals surface area contributed by atoms with Gasteiger partial charge in [-0.3, -0.25) is 4.99 Å². The Morgan fingerprint density at radius 3 is 2.81 bits per heavy atom. The van der Waals surface area contributed by atoms with Gasteiger partial charge >= 0.3 is 0 Å². The first-order valence-electron chi connectivity index (χ1n) is 6.41. The first kappa shape index (κ1) is 11.4. The highest BCUT2D eigenvalue weighted by Crippen LogP contribution is 2.34. The third kappa shape index (κ3) is 2.18. The van der Waals surface area contributed by atoms with Crippen molar-refractivity contribution in [3.8, 4) is 0 Å². The van der Waals surface area contributed by atoms with Crippen LogP contribution in [0, 0.1) is 5.92 Å². The molecule has 1 nitrogen and oxygen atoms in total. The van der Waals surface area contributed by atoms with Gasteiger partial charge in [0.2, 0.25) is 0 Å². The van der Waals surface area contributed by atoms with Crippen LogP contribution in [0.3, 0.4) is 0 Å². The number of rotatable bonds is 4. The summed E-state index contributed by atoms with van der Waals surface area (Å²) in [5.74, 6) is 1.32. The molecule has 2 atom stereocenters. The number of hydrogen-bond donors (Lipinski definition) is 0. The van der Waals surface area contributed by atoms with Crippen molar-refractivity contribution in [2.24, 2.45) is 10.9 Å². The Labute approximate surface area is 98.6 Å². The van der Waals surface area contributed by atoms with E-state index in [0.717, 1.165) is 12.3 Å². The molecular weight excluding hydrogens is 194 g/mol. The van der Waals surface area contributed by atoms with Gasteiger partial charge in [0, 0.05) is 12.1 Å². The predicted octanol–water partition coefficient (Wildman–Crippen LogP) is 4.48. The lowest BCUT2D eigenvalue weighted by atomic mass is 9.94. The second-order valence-electron chi connectivity index (χ2n) is 4.90. The van der Waals surface area contributed by atoms with Gasteiger partial charge in [0.05, 0.1) is 5.69 Å². The van der Waals surface area contributed by atoms with Gasteiger partial charge in [-0.1, -0.05) is 39.3 Å². The standard InChI is InChI=1S/C15H21N/c1-4-11(3)8-12-6-7-14-13(5-2)10-16-15(14)9-12/h6-7,9-11,13H,4-5,8H2,1-3H3. The molecule has 1 aliphatic heterocycles. The Morgan fingerprint density at radius 2 is 2.12 bits per heavy atom. The molecule has 0 saturated heterocycles. The van der Waals surface area contributed by atoms with Crippen molar-refractivity contribution < 1.29 is 0 Å². The fourth-order valence-corrected chi connectivity index (χ4v) is 2.26. The maximum Gasteiger partial charge on any atom is 0.0667 e. The summed E-state index contributed by atoms with van der Waals surface area (Å²) in [5.41, 5.74) is 4.05. The average molecular weight is 215 g/mol. The van der Waals surface area contributed by atoms with Crippen LogP contribution in [-0.4, -0.2) is 6.21 Å². The van der Waals surface area contributed by atoms with Crippen molar-refractivity contribution in [1.29, 1.82) is 0 Å². The number of nitrogens with zero attached hydrogens (tertiary/aromatic N) is 1. The predicted molar refractivity (Wildman–Crippen MR) is 70.8 cm³/mol. The Kier molecular flexibility index (Phi) is 3.42. The Bertz CT molecular complexity index is 392. The van der Waals surface area contributed by atoms with Crippen LogP contribution < -0.4 is 0 Å². The van der Waals surface area contributed by atoms with Gasteiger partial charge in [-0.05, 0) is 36.0 Å². The Hall–Kier alpha value is -1.11. The Balaban J connectivity index is 2.18. The summed E-state index contributed by atoms with van der Waals surface area (Å²) in [6.45, 7) is 6.79. The summed E-state index contributed by atoms with van der Waals surface area (Å²) in [5, 5.41) is 0. The maximum absolute atomic E-state index is 4.52. The van der Waals surface area contributed by atoms with Crippen LogP contribution in [0.15, 0.2) is 23.2 Å². The zero-order valence-corrected chi connectivity index (χ0v) is 10.5. The molecule has 0 spiro atoms. The fourth-order valence-electron chi connectivity index (χ4n) is 2.26. The molecule has 1 aliphatic rings. The van der Waals surface area contributed by atoms with E-state index in [0.29, 0.717) is 5.92 Å². The smallest absolute Gasteiger partial charge is 0.0667 e. The van der Waals surface area contributed by atoms with Gasteiger partial charge in [-0.25, -0.2) is 0 Å². The minimum absolute atomic E-state index is 0.549. The number of hydrogen-bond acceptors (Lipinski definition) is 1. The maximum atomic E-state index is 4.52. The lowest BCUT2D eigenvalue weighted by Crippen LogP contribution is -1.98. The van der Waals surface area contributed by atoms with E-state index in [1.807, 2.05) is 0 Å². The van der Waals surface area contributed by atoms with E-state index in [2.05, 4.69) is 50.2 Å². The van der Waals surface area contributed by atoms with E-state index in [1.165, 1.54) is 29.7 Å². The molecule has 1 heterocycles. The van der Waals surface area contributed by atoms with Crippen LogP contribution in [0.1, 0.15) is 50.7 Å². The second kappa shape index (κ2) is 4.82. The molecule has 0 radical (unpaired) electrons. The lowest BCUT2D eigenvalue weighted by molar-refractivity contribution is 0.560. The minimum Gasteiger partial charge on any atom is -0.260 e. The van der Waals surface area contributed by atoms with E-state index in [1.54, 1.807) is 0 Å². The molecule has 1 heteroatoms. The lowest BCUT2D eigenvalue weighted by Gasteiger charge is -2.11. The van der Waals surface area contributed by atoms with Gasteiger partial charge < -0.3 is 0 Å². The van der Waals surface area contributed by atoms with Crippen LogP contribution in [0.4, 0.5) is 5.69 Å². The van der Waals surface area contributed by atoms with Gasteiger partial charge in [0.15, 0.2) is 0 Å². The van der Waals surface area contributed by atoms with E-state index in [9.17, 15) is 0 Å². The third-order valence-electron chi connectivity index (χ3n) is 3.61. The highest BCUT2D eigenvalue weighted by atomic mass is 14.8. The molecule has 2 unspecified atom stereocenters. The molecule has 0 amide bonds. The van der Waals surface area contributed by atoms with Crippen molar-refractivity contribution in [2.75, 3.05) is 0 Å². The zero-order valence-electron chi connectivity index (χ0n) is 10.5. The Morgan fingerprint density at radius 1 is 1.31 bits per heavy atom. The highest BCUT2D eigenvalue weighted by molar-refractivity contribution is 5.80. The molecule has 0 aliphatic carbocycles. The topological polar surface area (TPSA) is 12.4 Å². The summed E-state index contributed by atoms with van der Waals surface area (Å²) in [6.07, 6.45) is 5.67. The highest BCUT2D eigenvalue weighted by Gasteiger charge is 2.17. The van der Waals surface area contributed by atoms with Gasteiger partial charge in [-0.15, -0.1) is 0 Å². The molecule has 1 aromatic carbocycles. The number of fused-ring (bicyclic) bond motifs is 1. The van der Waals surface area contributed by atoms with E-state index >= 15 is 0 Å². The van der Waals surface area contributed by atoms with Gasteiger partial charge in [-0.2, -0.15) is 0 Å². The normalized spacial score (nSPS) is 19.8. The molecule has 0 saturated carbocycles. The zero-order chi connectivity index (χ0) is 11.5. The van der Waals surface area contributed by atoms with Crippen molar-refractivity contribution in [2.45, 2.75) is 46.0 Å². The molecule has 16 heavy (non-hydrogen) atoms.